The second-order valence-electron chi connectivity index (χ2n) is 8.84. The van der Waals surface area contributed by atoms with E-state index in [2.05, 4.69) is 13.8 Å². The molecule has 0 radical (unpaired) electrons. The summed E-state index contributed by atoms with van der Waals surface area (Å²) in [5.74, 6) is 1.11. The van der Waals surface area contributed by atoms with Crippen molar-refractivity contribution in [3.8, 4) is 11.5 Å². The third-order valence-corrected chi connectivity index (χ3v) is 6.45. The van der Waals surface area contributed by atoms with Crippen molar-refractivity contribution in [3.05, 3.63) is 68.0 Å². The molecule has 0 bridgehead atoms. The zero-order chi connectivity index (χ0) is 24.6. The number of carbonyl (C=O) groups is 1. The lowest BCUT2D eigenvalue weighted by atomic mass is 9.98. The van der Waals surface area contributed by atoms with Crippen LogP contribution in [-0.4, -0.2) is 42.8 Å². The van der Waals surface area contributed by atoms with Gasteiger partial charge in [-0.3, -0.25) is 9.59 Å². The second-order valence-corrected chi connectivity index (χ2v) is 9.24. The summed E-state index contributed by atoms with van der Waals surface area (Å²) in [7, 11) is 1.54. The maximum Gasteiger partial charge on any atom is 0.290 e. The van der Waals surface area contributed by atoms with Gasteiger partial charge >= 0.3 is 0 Å². The molecule has 1 atom stereocenters. The molecule has 0 saturated heterocycles. The first-order chi connectivity index (χ1) is 16.3. The van der Waals surface area contributed by atoms with Crippen molar-refractivity contribution in [1.82, 2.24) is 4.90 Å². The Morgan fingerprint density at radius 2 is 1.94 bits per heavy atom. The molecule has 1 aliphatic heterocycles. The molecule has 180 valence electrons. The number of aryl methyl sites for hydroxylation is 1. The third kappa shape index (κ3) is 4.26. The lowest BCUT2D eigenvalue weighted by Crippen LogP contribution is -2.32. The van der Waals surface area contributed by atoms with Gasteiger partial charge in [-0.1, -0.05) is 31.5 Å². The van der Waals surface area contributed by atoms with Crippen LogP contribution in [0.5, 0.6) is 11.5 Å². The fourth-order valence-corrected chi connectivity index (χ4v) is 4.37. The van der Waals surface area contributed by atoms with Crippen LogP contribution in [0.25, 0.3) is 11.0 Å². The van der Waals surface area contributed by atoms with E-state index < -0.39 is 11.9 Å². The normalized spacial score (nSPS) is 15.3. The molecule has 1 aliphatic rings. The van der Waals surface area contributed by atoms with Crippen molar-refractivity contribution in [2.24, 2.45) is 5.92 Å². The van der Waals surface area contributed by atoms with Gasteiger partial charge in [0.15, 0.2) is 16.9 Å². The topological polar surface area (TPSA) is 89.2 Å². The molecule has 1 aromatic heterocycles. The van der Waals surface area contributed by atoms with Crippen LogP contribution in [0.4, 0.5) is 0 Å². The second kappa shape index (κ2) is 9.68. The number of fused-ring (bicyclic) bond motifs is 2. The van der Waals surface area contributed by atoms with Crippen LogP contribution in [0, 0.1) is 12.8 Å². The van der Waals surface area contributed by atoms with Gasteiger partial charge < -0.3 is 23.9 Å². The number of methoxy groups -OCH3 is 1. The molecular formula is C26H28ClNO6. The minimum absolute atomic E-state index is 0.0195. The SMILES string of the molecule is COc1cc([C@H]2c3c(oc4cc(C)c(Cl)cc4c3=O)C(=O)N2CCO)ccc1OCCC(C)C. The number of rotatable bonds is 8. The van der Waals surface area contributed by atoms with Crippen LogP contribution in [0.2, 0.25) is 5.02 Å². The largest absolute Gasteiger partial charge is 0.493 e. The Bertz CT molecular complexity index is 1300. The van der Waals surface area contributed by atoms with Crippen LogP contribution < -0.4 is 14.9 Å². The van der Waals surface area contributed by atoms with E-state index in [0.717, 1.165) is 12.0 Å². The highest BCUT2D eigenvalue weighted by Gasteiger charge is 2.42. The van der Waals surface area contributed by atoms with Crippen molar-refractivity contribution >= 4 is 28.5 Å². The first-order valence-electron chi connectivity index (χ1n) is 11.3. The van der Waals surface area contributed by atoms with Gasteiger partial charge in [-0.25, -0.2) is 0 Å². The first-order valence-corrected chi connectivity index (χ1v) is 11.6. The Labute approximate surface area is 202 Å². The van der Waals surface area contributed by atoms with E-state index >= 15 is 0 Å². The number of aliphatic hydroxyl groups excluding tert-OH is 1. The van der Waals surface area contributed by atoms with Crippen LogP contribution >= 0.6 is 11.6 Å². The van der Waals surface area contributed by atoms with E-state index in [1.807, 2.05) is 0 Å². The molecule has 34 heavy (non-hydrogen) atoms. The highest BCUT2D eigenvalue weighted by Crippen LogP contribution is 2.41. The number of β-amino-alcohol motifs (C(OH)–C–C–N with tert-alkyl or cyclic N) is 1. The van der Waals surface area contributed by atoms with Crippen LogP contribution in [0.1, 0.15) is 53.6 Å². The maximum absolute atomic E-state index is 13.6. The number of hydrogen-bond donors (Lipinski definition) is 1. The van der Waals surface area contributed by atoms with Crippen molar-refractivity contribution < 1.29 is 23.8 Å². The number of ether oxygens (including phenoxy) is 2. The predicted molar refractivity (Wildman–Crippen MR) is 130 cm³/mol. The average Bonchev–Trinajstić information content (AvgIpc) is 3.07. The van der Waals surface area contributed by atoms with Crippen molar-refractivity contribution in [1.29, 1.82) is 0 Å². The fourth-order valence-electron chi connectivity index (χ4n) is 4.20. The fraction of sp³-hybridized carbons (Fsp3) is 0.385. The standard InChI is InChI=1S/C26H28ClNO6/c1-14(2)7-10-33-19-6-5-16(12-21(19)32-4)23-22-24(30)17-13-18(27)15(3)11-20(17)34-25(22)26(31)28(23)8-9-29/h5-6,11-14,23,29H,7-10H2,1-4H3/t23-/m0/s1. The molecule has 4 rings (SSSR count). The van der Waals surface area contributed by atoms with Gasteiger partial charge in [0.05, 0.1) is 37.3 Å². The molecule has 0 fully saturated rings. The molecule has 8 heteroatoms. The summed E-state index contributed by atoms with van der Waals surface area (Å²) < 4.78 is 17.4. The molecule has 2 heterocycles. The smallest absolute Gasteiger partial charge is 0.290 e. The van der Waals surface area contributed by atoms with E-state index in [0.29, 0.717) is 45.6 Å². The van der Waals surface area contributed by atoms with Gasteiger partial charge in [0.1, 0.15) is 5.58 Å². The molecule has 1 amide bonds. The van der Waals surface area contributed by atoms with E-state index in [9.17, 15) is 14.7 Å². The van der Waals surface area contributed by atoms with Crippen molar-refractivity contribution in [3.63, 3.8) is 0 Å². The van der Waals surface area contributed by atoms with E-state index in [-0.39, 0.29) is 29.9 Å². The minimum Gasteiger partial charge on any atom is -0.493 e. The number of benzene rings is 2. The summed E-state index contributed by atoms with van der Waals surface area (Å²) in [5, 5.41) is 10.4. The third-order valence-electron chi connectivity index (χ3n) is 6.04. The monoisotopic (exact) mass is 485 g/mol. The zero-order valence-electron chi connectivity index (χ0n) is 19.7. The van der Waals surface area contributed by atoms with Crippen LogP contribution in [-0.2, 0) is 0 Å². The van der Waals surface area contributed by atoms with Crippen LogP contribution in [0.15, 0.2) is 39.5 Å². The Balaban J connectivity index is 1.84. The highest BCUT2D eigenvalue weighted by molar-refractivity contribution is 6.32. The number of aliphatic hydroxyl groups is 1. The number of hydrogen-bond acceptors (Lipinski definition) is 6. The number of carbonyl (C=O) groups excluding carboxylic acids is 1. The predicted octanol–water partition coefficient (Wildman–Crippen LogP) is 4.73. The first kappa shape index (κ1) is 24.1. The van der Waals surface area contributed by atoms with Crippen molar-refractivity contribution in [2.75, 3.05) is 26.9 Å². The lowest BCUT2D eigenvalue weighted by Gasteiger charge is -2.25. The molecule has 1 N–H and O–H groups in total. The molecule has 0 saturated carbocycles. The van der Waals surface area contributed by atoms with Gasteiger partial charge in [0.2, 0.25) is 5.76 Å². The lowest BCUT2D eigenvalue weighted by molar-refractivity contribution is 0.0691. The quantitative estimate of drug-likeness (QED) is 0.496. The molecule has 0 spiro atoms. The van der Waals surface area contributed by atoms with Gasteiger partial charge in [-0.15, -0.1) is 0 Å². The Hall–Kier alpha value is -3.03. The number of nitrogens with zero attached hydrogens (tertiary/aromatic N) is 1. The summed E-state index contributed by atoms with van der Waals surface area (Å²) in [6.45, 7) is 6.37. The molecular weight excluding hydrogens is 458 g/mol. The maximum atomic E-state index is 13.6. The summed E-state index contributed by atoms with van der Waals surface area (Å²) in [4.78, 5) is 28.3. The van der Waals surface area contributed by atoms with Crippen molar-refractivity contribution in [2.45, 2.75) is 33.2 Å². The summed E-state index contributed by atoms with van der Waals surface area (Å²) in [5.41, 5.74) is 1.59. The molecule has 3 aromatic rings. The minimum atomic E-state index is -0.742. The van der Waals surface area contributed by atoms with Gasteiger partial charge in [0.25, 0.3) is 5.91 Å². The summed E-state index contributed by atoms with van der Waals surface area (Å²) in [6, 6.07) is 7.82. The van der Waals surface area contributed by atoms with E-state index in [1.165, 1.54) is 4.90 Å². The summed E-state index contributed by atoms with van der Waals surface area (Å²) in [6.07, 6.45) is 0.899. The molecule has 7 nitrogen and oxygen atoms in total. The van der Waals surface area contributed by atoms with Gasteiger partial charge in [0, 0.05) is 11.6 Å². The Morgan fingerprint density at radius 1 is 1.18 bits per heavy atom. The number of amides is 1. The Morgan fingerprint density at radius 3 is 2.62 bits per heavy atom. The van der Waals surface area contributed by atoms with Crippen LogP contribution in [0.3, 0.4) is 0 Å². The van der Waals surface area contributed by atoms with E-state index in [1.54, 1.807) is 44.4 Å². The highest BCUT2D eigenvalue weighted by atomic mass is 35.5. The van der Waals surface area contributed by atoms with Gasteiger partial charge in [-0.05, 0) is 54.7 Å². The molecule has 2 aromatic carbocycles. The Kier molecular flexibility index (Phi) is 6.86. The zero-order valence-corrected chi connectivity index (χ0v) is 20.4. The van der Waals surface area contributed by atoms with Gasteiger partial charge in [-0.2, -0.15) is 0 Å². The molecule has 0 aliphatic carbocycles. The summed E-state index contributed by atoms with van der Waals surface area (Å²) >= 11 is 6.27. The van der Waals surface area contributed by atoms with E-state index in [4.69, 9.17) is 25.5 Å². The number of halogens is 1. The molecule has 0 unspecified atom stereocenters. The average molecular weight is 486 g/mol.